The number of carbonyl (C=O) groups excluding carboxylic acids is 1. The molecule has 4 nitrogen and oxygen atoms in total. The van der Waals surface area contributed by atoms with Gasteiger partial charge in [0.05, 0.1) is 23.0 Å². The van der Waals surface area contributed by atoms with E-state index in [1.807, 2.05) is 26.0 Å². The van der Waals surface area contributed by atoms with Crippen LogP contribution in [0.3, 0.4) is 0 Å². The van der Waals surface area contributed by atoms with Crippen LogP contribution < -0.4 is 11.1 Å². The average Bonchev–Trinajstić information content (AvgIpc) is 2.55. The van der Waals surface area contributed by atoms with Crippen molar-refractivity contribution >= 4 is 17.3 Å². The minimum Gasteiger partial charge on any atom is -0.459 e. The summed E-state index contributed by atoms with van der Waals surface area (Å²) in [5.41, 5.74) is 9.28. The lowest BCUT2D eigenvalue weighted by Crippen LogP contribution is -2.17. The number of hydrogen-bond acceptors (Lipinski definition) is 4. The molecule has 4 heteroatoms. The quantitative estimate of drug-likeness (QED) is 0.589. The molecule has 0 fully saturated rings. The van der Waals surface area contributed by atoms with Crippen LogP contribution in [-0.2, 0) is 11.2 Å². The Hall–Kier alpha value is -2.49. The van der Waals surface area contributed by atoms with E-state index in [4.69, 9.17) is 10.5 Å². The van der Waals surface area contributed by atoms with Gasteiger partial charge in [0.15, 0.2) is 0 Å². The van der Waals surface area contributed by atoms with Crippen LogP contribution in [0.25, 0.3) is 0 Å². The maximum Gasteiger partial charge on any atom is 0.338 e. The number of aryl methyl sites for hydroxylation is 1. The van der Waals surface area contributed by atoms with E-state index in [1.165, 1.54) is 5.56 Å². The number of ether oxygens (including phenoxy) is 1. The fourth-order valence-corrected chi connectivity index (χ4v) is 2.47. The molecule has 0 aromatic heterocycles. The monoisotopic (exact) mass is 326 g/mol. The number of anilines is 2. The van der Waals surface area contributed by atoms with Gasteiger partial charge >= 0.3 is 5.97 Å². The zero-order valence-electron chi connectivity index (χ0n) is 14.6. The molecule has 3 N–H and O–H groups in total. The number of nitrogens with two attached hydrogens (primary N) is 1. The van der Waals surface area contributed by atoms with Crippen LogP contribution in [0.1, 0.15) is 43.1 Å². The third kappa shape index (κ3) is 5.30. The Morgan fingerprint density at radius 1 is 1.12 bits per heavy atom. The highest BCUT2D eigenvalue weighted by molar-refractivity contribution is 5.92. The Labute approximate surface area is 144 Å². The molecular weight excluding hydrogens is 300 g/mol. The predicted octanol–water partition coefficient (Wildman–Crippen LogP) is 4.27. The highest BCUT2D eigenvalue weighted by Gasteiger charge is 2.12. The summed E-state index contributed by atoms with van der Waals surface area (Å²) in [6.07, 6.45) is 1.86. The Bertz CT molecular complexity index is 669. The molecule has 0 radical (unpaired) electrons. The SMILES string of the molecule is CC(C)OC(=O)c1ccc(N[C@H](C)CCc2ccccc2)c(N)c1. The van der Waals surface area contributed by atoms with E-state index in [-0.39, 0.29) is 18.1 Å². The van der Waals surface area contributed by atoms with E-state index in [1.54, 1.807) is 12.1 Å². The zero-order chi connectivity index (χ0) is 17.5. The topological polar surface area (TPSA) is 64.3 Å². The van der Waals surface area contributed by atoms with Crippen LogP contribution in [0.4, 0.5) is 11.4 Å². The van der Waals surface area contributed by atoms with Crippen molar-refractivity contribution < 1.29 is 9.53 Å². The van der Waals surface area contributed by atoms with Gasteiger partial charge in [0, 0.05) is 6.04 Å². The molecule has 1 atom stereocenters. The second-order valence-corrected chi connectivity index (χ2v) is 6.33. The second kappa shape index (κ2) is 8.39. The van der Waals surface area contributed by atoms with E-state index < -0.39 is 0 Å². The first-order valence-corrected chi connectivity index (χ1v) is 8.36. The first-order valence-electron chi connectivity index (χ1n) is 8.36. The summed E-state index contributed by atoms with van der Waals surface area (Å²) in [4.78, 5) is 11.9. The number of esters is 1. The summed E-state index contributed by atoms with van der Waals surface area (Å²) < 4.78 is 5.18. The largest absolute Gasteiger partial charge is 0.459 e. The molecule has 0 spiro atoms. The van der Waals surface area contributed by atoms with Gasteiger partial charge < -0.3 is 15.8 Å². The molecule has 24 heavy (non-hydrogen) atoms. The lowest BCUT2D eigenvalue weighted by atomic mass is 10.1. The second-order valence-electron chi connectivity index (χ2n) is 6.33. The minimum atomic E-state index is -0.347. The Morgan fingerprint density at radius 3 is 2.46 bits per heavy atom. The van der Waals surface area contributed by atoms with Crippen LogP contribution in [-0.4, -0.2) is 18.1 Å². The van der Waals surface area contributed by atoms with E-state index in [0.717, 1.165) is 18.5 Å². The van der Waals surface area contributed by atoms with Crippen molar-refractivity contribution in [2.75, 3.05) is 11.1 Å². The number of rotatable bonds is 7. The third-order valence-corrected chi connectivity index (χ3v) is 3.74. The van der Waals surface area contributed by atoms with E-state index in [9.17, 15) is 4.79 Å². The van der Waals surface area contributed by atoms with Crippen LogP contribution in [0, 0.1) is 0 Å². The highest BCUT2D eigenvalue weighted by Crippen LogP contribution is 2.22. The lowest BCUT2D eigenvalue weighted by Gasteiger charge is -2.17. The number of nitrogens with one attached hydrogen (secondary N) is 1. The average molecular weight is 326 g/mol. The van der Waals surface area contributed by atoms with Crippen molar-refractivity contribution in [1.29, 1.82) is 0 Å². The maximum absolute atomic E-state index is 11.9. The van der Waals surface area contributed by atoms with Gasteiger partial charge in [-0.2, -0.15) is 0 Å². The van der Waals surface area contributed by atoms with E-state index in [0.29, 0.717) is 11.3 Å². The summed E-state index contributed by atoms with van der Waals surface area (Å²) >= 11 is 0. The lowest BCUT2D eigenvalue weighted by molar-refractivity contribution is 0.0378. The van der Waals surface area contributed by atoms with Crippen LogP contribution in [0.5, 0.6) is 0 Å². The summed E-state index contributed by atoms with van der Waals surface area (Å²) in [5.74, 6) is -0.347. The van der Waals surface area contributed by atoms with Crippen LogP contribution in [0.2, 0.25) is 0 Å². The summed E-state index contributed by atoms with van der Waals surface area (Å²) in [6.45, 7) is 5.78. The van der Waals surface area contributed by atoms with Crippen molar-refractivity contribution in [1.82, 2.24) is 0 Å². The van der Waals surface area contributed by atoms with E-state index >= 15 is 0 Å². The van der Waals surface area contributed by atoms with Gasteiger partial charge in [-0.25, -0.2) is 4.79 Å². The smallest absolute Gasteiger partial charge is 0.338 e. The molecule has 0 unspecified atom stereocenters. The molecule has 0 amide bonds. The Balaban J connectivity index is 1.93. The van der Waals surface area contributed by atoms with Crippen molar-refractivity contribution in [3.05, 3.63) is 59.7 Å². The number of nitrogen functional groups attached to an aromatic ring is 1. The molecule has 2 aromatic rings. The first kappa shape index (κ1) is 17.9. The molecule has 128 valence electrons. The van der Waals surface area contributed by atoms with Gasteiger partial charge in [-0.15, -0.1) is 0 Å². The van der Waals surface area contributed by atoms with Crippen molar-refractivity contribution in [2.24, 2.45) is 0 Å². The molecule has 0 aliphatic carbocycles. The maximum atomic E-state index is 11.9. The molecule has 0 heterocycles. The highest BCUT2D eigenvalue weighted by atomic mass is 16.5. The van der Waals surface area contributed by atoms with Gasteiger partial charge in [-0.1, -0.05) is 30.3 Å². The fraction of sp³-hybridized carbons (Fsp3) is 0.350. The van der Waals surface area contributed by atoms with Gasteiger partial charge in [-0.05, 0) is 57.4 Å². The number of carbonyl (C=O) groups is 1. The molecule has 2 aromatic carbocycles. The van der Waals surface area contributed by atoms with Gasteiger partial charge in [0.1, 0.15) is 0 Å². The zero-order valence-corrected chi connectivity index (χ0v) is 14.6. The molecule has 0 saturated heterocycles. The Kier molecular flexibility index (Phi) is 6.24. The van der Waals surface area contributed by atoms with Crippen molar-refractivity contribution in [3.8, 4) is 0 Å². The Morgan fingerprint density at radius 2 is 1.83 bits per heavy atom. The molecule has 0 bridgehead atoms. The van der Waals surface area contributed by atoms with Crippen LogP contribution >= 0.6 is 0 Å². The third-order valence-electron chi connectivity index (χ3n) is 3.74. The molecule has 0 aliphatic heterocycles. The standard InChI is InChI=1S/C20H26N2O2/c1-14(2)24-20(23)17-11-12-19(18(21)13-17)22-15(3)9-10-16-7-5-4-6-8-16/h4-8,11-15,22H,9-10,21H2,1-3H3/t15-/m1/s1. The first-order chi connectivity index (χ1) is 11.5. The van der Waals surface area contributed by atoms with Gasteiger partial charge in [0.25, 0.3) is 0 Å². The van der Waals surface area contributed by atoms with Crippen molar-refractivity contribution in [3.63, 3.8) is 0 Å². The summed E-state index contributed by atoms with van der Waals surface area (Å²) in [7, 11) is 0. The van der Waals surface area contributed by atoms with Crippen LogP contribution in [0.15, 0.2) is 48.5 Å². The van der Waals surface area contributed by atoms with Gasteiger partial charge in [0.2, 0.25) is 0 Å². The normalized spacial score (nSPS) is 12.0. The molecule has 2 rings (SSSR count). The fourth-order valence-electron chi connectivity index (χ4n) is 2.47. The summed E-state index contributed by atoms with van der Waals surface area (Å²) in [5, 5.41) is 3.41. The van der Waals surface area contributed by atoms with Gasteiger partial charge in [-0.3, -0.25) is 0 Å². The molecule has 0 saturated carbocycles. The van der Waals surface area contributed by atoms with E-state index in [2.05, 4.69) is 36.5 Å². The number of hydrogen-bond donors (Lipinski definition) is 2. The molecular formula is C20H26N2O2. The van der Waals surface area contributed by atoms with Crippen molar-refractivity contribution in [2.45, 2.75) is 45.8 Å². The number of benzene rings is 2. The predicted molar refractivity (Wildman–Crippen MR) is 99.3 cm³/mol. The summed E-state index contributed by atoms with van der Waals surface area (Å²) in [6, 6.07) is 15.9. The minimum absolute atomic E-state index is 0.144. The molecule has 0 aliphatic rings.